The van der Waals surface area contributed by atoms with E-state index >= 15 is 0 Å². The van der Waals surface area contributed by atoms with Gasteiger partial charge in [0.1, 0.15) is 0 Å². The second kappa shape index (κ2) is 2.77. The smallest absolute Gasteiger partial charge is 0.161 e. The summed E-state index contributed by atoms with van der Waals surface area (Å²) in [5, 5.41) is 6.63. The number of halogens is 1. The van der Waals surface area contributed by atoms with Crippen molar-refractivity contribution in [1.82, 2.24) is 0 Å². The second-order valence-electron chi connectivity index (χ2n) is 0.441. The fraction of sp³-hybridized carbons (Fsp3) is 0. The first kappa shape index (κ1) is 5.55. The molecule has 0 atom stereocenters. The number of hydrogen-bond donors (Lipinski definition) is 2. The fourth-order valence-electron chi connectivity index (χ4n) is 0. The highest BCUT2D eigenvalue weighted by Gasteiger charge is 1.74. The Hall–Kier alpha value is 0.550. The van der Waals surface area contributed by atoms with E-state index in [0.717, 1.165) is 0 Å². The molecule has 30 valence electrons. The number of rotatable bonds is 0. The lowest BCUT2D eigenvalue weighted by Crippen LogP contribution is -1.99. The Labute approximate surface area is 46.6 Å². The van der Waals surface area contributed by atoms with Crippen molar-refractivity contribution < 1.29 is 0 Å². The molecule has 0 aromatic carbocycles. The molecule has 5 heavy (non-hydrogen) atoms. The van der Waals surface area contributed by atoms with Crippen LogP contribution in [0.15, 0.2) is 0 Å². The van der Waals surface area contributed by atoms with Gasteiger partial charge in [0.05, 0.1) is 0 Å². The van der Waals surface area contributed by atoms with Crippen molar-refractivity contribution in [2.45, 2.75) is 0 Å². The van der Waals surface area contributed by atoms with Crippen LogP contribution in [0.3, 0.4) is 0 Å². The number of hydrogen-bond acceptors (Lipinski definition) is 2. The molecule has 0 saturated heterocycles. The first-order chi connectivity index (χ1) is 2.27. The third kappa shape index (κ3) is 4.55. The minimum atomic E-state index is 0.158. The van der Waals surface area contributed by atoms with Gasteiger partial charge in [0.15, 0.2) is 5.17 Å². The average Bonchev–Trinajstić information content (AvgIpc) is 1.38. The summed E-state index contributed by atoms with van der Waals surface area (Å²) in [5.74, 6) is 0. The first-order valence-corrected chi connectivity index (χ1v) is 4.26. The normalized spacial score (nSPS) is 7.40. The Bertz CT molecular complexity index is 44.9. The average molecular weight is 202 g/mol. The van der Waals surface area contributed by atoms with Crippen LogP contribution in [-0.4, -0.2) is 5.17 Å². The van der Waals surface area contributed by atoms with E-state index in [0.29, 0.717) is 0 Å². The molecule has 0 heterocycles. The summed E-state index contributed by atoms with van der Waals surface area (Å²) in [6.45, 7) is 0. The largest absolute Gasteiger partial charge is 0.378 e. The molecule has 0 unspecified atom stereocenters. The highest BCUT2D eigenvalue weighted by Crippen LogP contribution is 2.06. The molecular weight excluding hydrogens is 199 g/mol. The summed E-state index contributed by atoms with van der Waals surface area (Å²) in [7, 11) is 1.21. The van der Waals surface area contributed by atoms with Crippen LogP contribution < -0.4 is 5.73 Å². The van der Waals surface area contributed by atoms with E-state index in [4.69, 9.17) is 11.1 Å². The van der Waals surface area contributed by atoms with Crippen LogP contribution in [0.25, 0.3) is 0 Å². The van der Waals surface area contributed by atoms with Gasteiger partial charge in [-0.3, -0.25) is 5.41 Å². The van der Waals surface area contributed by atoms with Crippen molar-refractivity contribution in [2.75, 3.05) is 0 Å². The molecule has 0 aliphatic carbocycles. The third-order valence-electron chi connectivity index (χ3n) is 0.0831. The first-order valence-electron chi connectivity index (χ1n) is 0.897. The molecule has 3 N–H and O–H groups in total. The highest BCUT2D eigenvalue weighted by molar-refractivity contribution is 14.2. The monoisotopic (exact) mass is 202 g/mol. The highest BCUT2D eigenvalue weighted by atomic mass is 127. The van der Waals surface area contributed by atoms with Crippen molar-refractivity contribution in [3.8, 4) is 0 Å². The van der Waals surface area contributed by atoms with Gasteiger partial charge in [-0.2, -0.15) is 0 Å². The van der Waals surface area contributed by atoms with E-state index in [9.17, 15) is 0 Å². The molecule has 0 aromatic rings. The Morgan fingerprint density at radius 1 is 2.00 bits per heavy atom. The van der Waals surface area contributed by atoms with Crippen LogP contribution in [0.1, 0.15) is 0 Å². The Kier molecular flexibility index (Phi) is 3.07. The molecule has 0 fully saturated rings. The van der Waals surface area contributed by atoms with Gasteiger partial charge in [-0.05, 0) is 8.93 Å². The quantitative estimate of drug-likeness (QED) is 0.349. The van der Waals surface area contributed by atoms with Crippen molar-refractivity contribution in [3.05, 3.63) is 0 Å². The lowest BCUT2D eigenvalue weighted by molar-refractivity contribution is 1.51. The van der Waals surface area contributed by atoms with Gasteiger partial charge in [0, 0.05) is 21.2 Å². The van der Waals surface area contributed by atoms with Crippen LogP contribution in [0.5, 0.6) is 0 Å². The molecule has 2 nitrogen and oxygen atoms in total. The summed E-state index contributed by atoms with van der Waals surface area (Å²) < 4.78 is 0. The lowest BCUT2D eigenvalue weighted by Gasteiger charge is -1.76. The summed E-state index contributed by atoms with van der Waals surface area (Å²) in [4.78, 5) is 0. The van der Waals surface area contributed by atoms with Crippen LogP contribution in [0.2, 0.25) is 0 Å². The van der Waals surface area contributed by atoms with Crippen LogP contribution in [0.4, 0.5) is 0 Å². The van der Waals surface area contributed by atoms with Gasteiger partial charge < -0.3 is 5.73 Å². The van der Waals surface area contributed by atoms with Gasteiger partial charge in [-0.1, -0.05) is 0 Å². The molecule has 0 rings (SSSR count). The zero-order valence-corrected chi connectivity index (χ0v) is 5.34. The third-order valence-corrected chi connectivity index (χ3v) is 1.67. The summed E-state index contributed by atoms with van der Waals surface area (Å²) in [6, 6.07) is 0. The number of nitrogens with one attached hydrogen (secondary N) is 1. The summed E-state index contributed by atoms with van der Waals surface area (Å²) in [6.07, 6.45) is 0. The van der Waals surface area contributed by atoms with Crippen molar-refractivity contribution >= 4 is 35.3 Å². The maximum atomic E-state index is 6.48. The predicted octanol–water partition coefficient (Wildman–Crippen LogP) is 0.963. The van der Waals surface area contributed by atoms with Crippen LogP contribution in [-0.2, 0) is 0 Å². The van der Waals surface area contributed by atoms with Crippen molar-refractivity contribution in [2.24, 2.45) is 5.73 Å². The van der Waals surface area contributed by atoms with E-state index in [-0.39, 0.29) is 5.17 Å². The Morgan fingerprint density at radius 3 is 2.20 bits per heavy atom. The molecule has 0 saturated carbocycles. The van der Waals surface area contributed by atoms with E-state index in [1.54, 1.807) is 0 Å². The van der Waals surface area contributed by atoms with Crippen LogP contribution in [0, 0.1) is 5.41 Å². The topological polar surface area (TPSA) is 49.9 Å². The molecule has 4 heteroatoms. The summed E-state index contributed by atoms with van der Waals surface area (Å²) in [5.41, 5.74) is 4.83. The predicted molar refractivity (Wildman–Crippen MR) is 33.5 cm³/mol. The van der Waals surface area contributed by atoms with E-state index in [1.165, 1.54) is 8.93 Å². The zero-order valence-electron chi connectivity index (χ0n) is 2.36. The summed E-state index contributed by atoms with van der Waals surface area (Å²) >= 11 is 1.94. The Balaban J connectivity index is 2.85. The van der Waals surface area contributed by atoms with Gasteiger partial charge in [0.25, 0.3) is 0 Å². The van der Waals surface area contributed by atoms with E-state index in [2.05, 4.69) is 0 Å². The van der Waals surface area contributed by atoms with E-state index in [1.807, 2.05) is 21.2 Å². The maximum absolute atomic E-state index is 6.48. The van der Waals surface area contributed by atoms with E-state index < -0.39 is 0 Å². The minimum absolute atomic E-state index is 0.158. The van der Waals surface area contributed by atoms with Crippen molar-refractivity contribution in [3.63, 3.8) is 0 Å². The number of amidine groups is 1. The molecule has 0 spiro atoms. The minimum Gasteiger partial charge on any atom is -0.378 e. The molecule has 0 aliphatic heterocycles. The molecule has 0 amide bonds. The van der Waals surface area contributed by atoms with Crippen LogP contribution >= 0.6 is 30.1 Å². The molecule has 0 aromatic heterocycles. The van der Waals surface area contributed by atoms with Crippen molar-refractivity contribution in [1.29, 1.82) is 5.41 Å². The molecule has 0 aliphatic rings. The standard InChI is InChI=1S/CH3IN2S/c2-5-1(3)4/h(H3,3,4). The number of nitrogens with two attached hydrogens (primary N) is 1. The van der Waals surface area contributed by atoms with Gasteiger partial charge >= 0.3 is 0 Å². The lowest BCUT2D eigenvalue weighted by atomic mass is 11.4. The molecule has 0 bridgehead atoms. The Morgan fingerprint density at radius 2 is 2.20 bits per heavy atom. The zero-order chi connectivity index (χ0) is 4.28. The molecule has 0 radical (unpaired) electrons. The van der Waals surface area contributed by atoms with Gasteiger partial charge in [-0.15, -0.1) is 0 Å². The fourth-order valence-corrected chi connectivity index (χ4v) is 0. The molecular formula is CH3IN2S. The second-order valence-corrected chi connectivity index (χ2v) is 2.36. The van der Waals surface area contributed by atoms with Gasteiger partial charge in [0.2, 0.25) is 0 Å². The van der Waals surface area contributed by atoms with Gasteiger partial charge in [-0.25, -0.2) is 0 Å². The maximum Gasteiger partial charge on any atom is 0.161 e. The SMILES string of the molecule is N=C(N)SI.